The zero-order valence-electron chi connectivity index (χ0n) is 6.19. The number of rotatable bonds is 2. The maximum absolute atomic E-state index is 11.8. The predicted molar refractivity (Wildman–Crippen MR) is 41.2 cm³/mol. The van der Waals surface area contributed by atoms with E-state index in [1.54, 1.807) is 0 Å². The van der Waals surface area contributed by atoms with E-state index in [0.29, 0.717) is 12.5 Å². The molecule has 0 aromatic carbocycles. The first-order valence-electron chi connectivity index (χ1n) is 3.66. The molecule has 0 saturated carbocycles. The van der Waals surface area contributed by atoms with Gasteiger partial charge in [0.15, 0.2) is 0 Å². The third kappa shape index (κ3) is 1.83. The summed E-state index contributed by atoms with van der Waals surface area (Å²) < 4.78 is 11.8. The van der Waals surface area contributed by atoms with E-state index < -0.39 is 0 Å². The van der Waals surface area contributed by atoms with Crippen molar-refractivity contribution in [2.45, 2.75) is 12.3 Å². The van der Waals surface area contributed by atoms with Gasteiger partial charge in [0.2, 0.25) is 0 Å². The Morgan fingerprint density at radius 1 is 1.60 bits per heavy atom. The zero-order valence-corrected chi connectivity index (χ0v) is 6.94. The highest BCUT2D eigenvalue weighted by molar-refractivity contribution is 6.21. The fourth-order valence-electron chi connectivity index (χ4n) is 1.32. The zero-order chi connectivity index (χ0) is 7.56. The number of halogens is 2. The topological polar surface area (TPSA) is 3.24 Å². The quantitative estimate of drug-likeness (QED) is 0.561. The number of hydrogen-bond donors (Lipinski definition) is 0. The largest absolute Gasteiger partial charge is 0.299 e. The van der Waals surface area contributed by atoms with Gasteiger partial charge in [0.25, 0.3) is 0 Å². The van der Waals surface area contributed by atoms with Gasteiger partial charge in [-0.1, -0.05) is 6.92 Å². The van der Waals surface area contributed by atoms with E-state index in [-0.39, 0.29) is 12.1 Å². The second-order valence-electron chi connectivity index (χ2n) is 2.94. The lowest BCUT2D eigenvalue weighted by molar-refractivity contribution is 0.290. The molecule has 1 aliphatic heterocycles. The summed E-state index contributed by atoms with van der Waals surface area (Å²) in [6.07, 6.45) is 0. The SMILES string of the molecule is CC1CN(CCF)CC1Cl. The van der Waals surface area contributed by atoms with Crippen molar-refractivity contribution in [1.82, 2.24) is 4.90 Å². The van der Waals surface area contributed by atoms with Crippen LogP contribution in [0.4, 0.5) is 4.39 Å². The van der Waals surface area contributed by atoms with Crippen molar-refractivity contribution in [2.75, 3.05) is 26.3 Å². The van der Waals surface area contributed by atoms with E-state index >= 15 is 0 Å². The lowest BCUT2D eigenvalue weighted by Crippen LogP contribution is -2.23. The summed E-state index contributed by atoms with van der Waals surface area (Å²) in [6.45, 7) is 4.21. The van der Waals surface area contributed by atoms with Crippen LogP contribution in [0, 0.1) is 5.92 Å². The van der Waals surface area contributed by atoms with E-state index in [0.717, 1.165) is 13.1 Å². The molecule has 0 amide bonds. The maximum atomic E-state index is 11.8. The van der Waals surface area contributed by atoms with Gasteiger partial charge in [0, 0.05) is 19.6 Å². The minimum atomic E-state index is -0.254. The van der Waals surface area contributed by atoms with Gasteiger partial charge >= 0.3 is 0 Å². The lowest BCUT2D eigenvalue weighted by Gasteiger charge is -2.10. The number of nitrogens with zero attached hydrogens (tertiary/aromatic N) is 1. The van der Waals surface area contributed by atoms with Gasteiger partial charge in [-0.15, -0.1) is 11.6 Å². The molecule has 1 aliphatic rings. The molecule has 3 heteroatoms. The van der Waals surface area contributed by atoms with Crippen molar-refractivity contribution in [3.63, 3.8) is 0 Å². The van der Waals surface area contributed by atoms with Crippen LogP contribution in [0.3, 0.4) is 0 Å². The van der Waals surface area contributed by atoms with E-state index in [2.05, 4.69) is 11.8 Å². The van der Waals surface area contributed by atoms with Crippen molar-refractivity contribution < 1.29 is 4.39 Å². The van der Waals surface area contributed by atoms with Crippen LogP contribution in [-0.2, 0) is 0 Å². The molecule has 1 saturated heterocycles. The molecule has 1 nitrogen and oxygen atoms in total. The molecule has 10 heavy (non-hydrogen) atoms. The fourth-order valence-corrected chi connectivity index (χ4v) is 1.60. The summed E-state index contributed by atoms with van der Waals surface area (Å²) in [6, 6.07) is 0. The van der Waals surface area contributed by atoms with Crippen molar-refractivity contribution >= 4 is 11.6 Å². The molecule has 0 N–H and O–H groups in total. The Labute approximate surface area is 66.2 Å². The fraction of sp³-hybridized carbons (Fsp3) is 1.00. The molecule has 0 radical (unpaired) electrons. The van der Waals surface area contributed by atoms with Crippen LogP contribution >= 0.6 is 11.6 Å². The van der Waals surface area contributed by atoms with Crippen molar-refractivity contribution in [1.29, 1.82) is 0 Å². The van der Waals surface area contributed by atoms with Crippen molar-refractivity contribution in [3.05, 3.63) is 0 Å². The molecule has 1 heterocycles. The molecule has 0 spiro atoms. The summed E-state index contributed by atoms with van der Waals surface area (Å²) in [5, 5.41) is 0.228. The molecule has 1 fully saturated rings. The summed E-state index contributed by atoms with van der Waals surface area (Å²) in [5.74, 6) is 0.521. The highest BCUT2D eigenvalue weighted by atomic mass is 35.5. The standard InChI is InChI=1S/C7H13ClFN/c1-6-4-10(3-2-9)5-7(6)8/h6-7H,2-5H2,1H3. The van der Waals surface area contributed by atoms with E-state index in [4.69, 9.17) is 11.6 Å². The number of hydrogen-bond acceptors (Lipinski definition) is 1. The Kier molecular flexibility index (Phi) is 2.93. The molecule has 2 atom stereocenters. The normalized spacial score (nSPS) is 35.1. The molecule has 0 bridgehead atoms. The Balaban J connectivity index is 2.27. The average molecular weight is 166 g/mol. The molecule has 0 aromatic rings. The highest BCUT2D eigenvalue weighted by Gasteiger charge is 2.26. The van der Waals surface area contributed by atoms with Gasteiger partial charge in [-0.25, -0.2) is 4.39 Å². The average Bonchev–Trinajstić information content (AvgIpc) is 2.14. The first-order chi connectivity index (χ1) is 4.74. The van der Waals surface area contributed by atoms with Crippen molar-refractivity contribution in [2.24, 2.45) is 5.92 Å². The van der Waals surface area contributed by atoms with E-state index in [1.807, 2.05) is 0 Å². The van der Waals surface area contributed by atoms with Crippen LogP contribution in [0.5, 0.6) is 0 Å². The van der Waals surface area contributed by atoms with Gasteiger partial charge in [0.05, 0.1) is 5.38 Å². The van der Waals surface area contributed by atoms with E-state index in [1.165, 1.54) is 0 Å². The van der Waals surface area contributed by atoms with Gasteiger partial charge in [-0.05, 0) is 5.92 Å². The number of likely N-dealkylation sites (tertiary alicyclic amines) is 1. The van der Waals surface area contributed by atoms with E-state index in [9.17, 15) is 4.39 Å². The van der Waals surface area contributed by atoms with Crippen LogP contribution in [-0.4, -0.2) is 36.6 Å². The monoisotopic (exact) mass is 165 g/mol. The van der Waals surface area contributed by atoms with Gasteiger partial charge < -0.3 is 0 Å². The summed E-state index contributed by atoms with van der Waals surface area (Å²) in [5.41, 5.74) is 0. The first kappa shape index (κ1) is 8.28. The molecular formula is C7H13ClFN. The third-order valence-corrected chi connectivity index (χ3v) is 2.57. The Morgan fingerprint density at radius 2 is 2.30 bits per heavy atom. The Hall–Kier alpha value is 0.180. The number of alkyl halides is 2. The summed E-state index contributed by atoms with van der Waals surface area (Å²) in [7, 11) is 0. The maximum Gasteiger partial charge on any atom is 0.102 e. The smallest absolute Gasteiger partial charge is 0.102 e. The minimum absolute atomic E-state index is 0.228. The Bertz CT molecular complexity index is 99.8. The molecule has 0 aromatic heterocycles. The van der Waals surface area contributed by atoms with Gasteiger partial charge in [0.1, 0.15) is 6.67 Å². The van der Waals surface area contributed by atoms with Crippen LogP contribution in [0.1, 0.15) is 6.92 Å². The van der Waals surface area contributed by atoms with Crippen LogP contribution < -0.4 is 0 Å². The van der Waals surface area contributed by atoms with Crippen LogP contribution in [0.2, 0.25) is 0 Å². The van der Waals surface area contributed by atoms with Crippen LogP contribution in [0.25, 0.3) is 0 Å². The second-order valence-corrected chi connectivity index (χ2v) is 3.50. The third-order valence-electron chi connectivity index (χ3n) is 2.00. The molecular weight excluding hydrogens is 153 g/mol. The molecule has 0 aliphatic carbocycles. The van der Waals surface area contributed by atoms with Gasteiger partial charge in [-0.3, -0.25) is 4.90 Å². The van der Waals surface area contributed by atoms with Crippen molar-refractivity contribution in [3.8, 4) is 0 Å². The Morgan fingerprint density at radius 3 is 2.70 bits per heavy atom. The van der Waals surface area contributed by atoms with Crippen LogP contribution in [0.15, 0.2) is 0 Å². The first-order valence-corrected chi connectivity index (χ1v) is 4.10. The summed E-state index contributed by atoms with van der Waals surface area (Å²) in [4.78, 5) is 2.07. The lowest BCUT2D eigenvalue weighted by atomic mass is 10.2. The molecule has 1 rings (SSSR count). The highest BCUT2D eigenvalue weighted by Crippen LogP contribution is 2.20. The minimum Gasteiger partial charge on any atom is -0.299 e. The summed E-state index contributed by atoms with van der Waals surface area (Å²) >= 11 is 5.93. The second kappa shape index (κ2) is 3.54. The predicted octanol–water partition coefficient (Wildman–Crippen LogP) is 1.51. The molecule has 2 unspecified atom stereocenters. The molecule has 60 valence electrons. The van der Waals surface area contributed by atoms with Gasteiger partial charge in [-0.2, -0.15) is 0 Å².